The lowest BCUT2D eigenvalue weighted by Gasteiger charge is -2.09. The number of aliphatic hydroxyl groups excluding tert-OH is 2. The van der Waals surface area contributed by atoms with E-state index in [1.807, 2.05) is 18.2 Å². The van der Waals surface area contributed by atoms with Gasteiger partial charge in [0, 0.05) is 16.9 Å². The second-order valence-corrected chi connectivity index (χ2v) is 4.34. The molecule has 0 aliphatic heterocycles. The predicted molar refractivity (Wildman–Crippen MR) is 63.4 cm³/mol. The van der Waals surface area contributed by atoms with Gasteiger partial charge in [-0.3, -0.25) is 0 Å². The maximum Gasteiger partial charge on any atom is 0.0942 e. The van der Waals surface area contributed by atoms with Crippen LogP contribution < -0.4 is 5.32 Å². The van der Waals surface area contributed by atoms with Gasteiger partial charge in [-0.1, -0.05) is 6.07 Å². The molecule has 1 aromatic heterocycles. The number of hydrogen-bond donors (Lipinski definition) is 3. The van der Waals surface area contributed by atoms with Gasteiger partial charge < -0.3 is 15.5 Å². The van der Waals surface area contributed by atoms with Gasteiger partial charge >= 0.3 is 0 Å². The van der Waals surface area contributed by atoms with Crippen LogP contribution in [0.2, 0.25) is 0 Å². The molecule has 0 radical (unpaired) electrons. The number of benzene rings is 1. The molecule has 0 bridgehead atoms. The van der Waals surface area contributed by atoms with Crippen molar-refractivity contribution in [3.05, 3.63) is 29.6 Å². The van der Waals surface area contributed by atoms with Crippen molar-refractivity contribution in [1.29, 1.82) is 0 Å². The van der Waals surface area contributed by atoms with Crippen molar-refractivity contribution in [1.82, 2.24) is 0 Å². The SMILES string of the molecule is OCC(O)CNc1ccc2ccsc2c1. The Bertz CT molecular complexity index is 441. The maximum absolute atomic E-state index is 9.18. The number of fused-ring (bicyclic) bond motifs is 1. The minimum Gasteiger partial charge on any atom is -0.394 e. The predicted octanol–water partition coefficient (Wildman–Crippen LogP) is 1.67. The minimum atomic E-state index is -0.705. The van der Waals surface area contributed by atoms with Crippen LogP contribution in [0.4, 0.5) is 5.69 Å². The molecule has 1 atom stereocenters. The van der Waals surface area contributed by atoms with Crippen LogP contribution in [0.15, 0.2) is 29.6 Å². The summed E-state index contributed by atoms with van der Waals surface area (Å²) >= 11 is 1.69. The second kappa shape index (κ2) is 4.61. The van der Waals surface area contributed by atoms with E-state index in [-0.39, 0.29) is 6.61 Å². The molecule has 0 saturated heterocycles. The summed E-state index contributed by atoms with van der Waals surface area (Å²) in [6, 6.07) is 8.13. The molecule has 80 valence electrons. The first kappa shape index (κ1) is 10.4. The molecule has 0 spiro atoms. The third-order valence-electron chi connectivity index (χ3n) is 2.21. The number of hydrogen-bond acceptors (Lipinski definition) is 4. The Hall–Kier alpha value is -1.10. The standard InChI is InChI=1S/C11H13NO2S/c13-7-10(14)6-12-9-2-1-8-3-4-15-11(8)5-9/h1-5,10,12-14H,6-7H2. The molecule has 3 N–H and O–H groups in total. The molecule has 3 nitrogen and oxygen atoms in total. The molecule has 1 unspecified atom stereocenters. The lowest BCUT2D eigenvalue weighted by atomic mass is 10.2. The van der Waals surface area contributed by atoms with Crippen LogP contribution in [0, 0.1) is 0 Å². The zero-order valence-electron chi connectivity index (χ0n) is 8.18. The average molecular weight is 223 g/mol. The Balaban J connectivity index is 2.08. The second-order valence-electron chi connectivity index (χ2n) is 3.39. The lowest BCUT2D eigenvalue weighted by Crippen LogP contribution is -2.22. The molecule has 0 saturated carbocycles. The Kier molecular flexibility index (Phi) is 3.20. The topological polar surface area (TPSA) is 52.5 Å². The van der Waals surface area contributed by atoms with Crippen molar-refractivity contribution in [3.8, 4) is 0 Å². The van der Waals surface area contributed by atoms with Crippen LogP contribution in [0.5, 0.6) is 0 Å². The molecule has 15 heavy (non-hydrogen) atoms. The van der Waals surface area contributed by atoms with Gasteiger partial charge in [0.05, 0.1) is 12.7 Å². The highest BCUT2D eigenvalue weighted by molar-refractivity contribution is 7.17. The van der Waals surface area contributed by atoms with Crippen LogP contribution >= 0.6 is 11.3 Å². The van der Waals surface area contributed by atoms with Gasteiger partial charge in [-0.15, -0.1) is 11.3 Å². The first-order valence-corrected chi connectivity index (χ1v) is 5.67. The Labute approximate surface area is 92.0 Å². The molecule has 4 heteroatoms. The van der Waals surface area contributed by atoms with Gasteiger partial charge in [-0.25, -0.2) is 0 Å². The number of rotatable bonds is 4. The van der Waals surface area contributed by atoms with Crippen molar-refractivity contribution in [2.75, 3.05) is 18.5 Å². The van der Waals surface area contributed by atoms with Gasteiger partial charge in [0.25, 0.3) is 0 Å². The molecule has 0 fully saturated rings. The van der Waals surface area contributed by atoms with Crippen LogP contribution in [0.25, 0.3) is 10.1 Å². The van der Waals surface area contributed by atoms with Crippen LogP contribution in [-0.4, -0.2) is 29.5 Å². The van der Waals surface area contributed by atoms with Crippen molar-refractivity contribution >= 4 is 27.1 Å². The highest BCUT2D eigenvalue weighted by Gasteiger charge is 2.02. The summed E-state index contributed by atoms with van der Waals surface area (Å²) in [5, 5.41) is 24.2. The van der Waals surface area contributed by atoms with E-state index in [4.69, 9.17) is 5.11 Å². The van der Waals surface area contributed by atoms with Gasteiger partial charge in [0.1, 0.15) is 0 Å². The van der Waals surface area contributed by atoms with Gasteiger partial charge in [0.2, 0.25) is 0 Å². The smallest absolute Gasteiger partial charge is 0.0942 e. The summed E-state index contributed by atoms with van der Waals surface area (Å²) in [6.45, 7) is 0.154. The fourth-order valence-electron chi connectivity index (χ4n) is 1.36. The highest BCUT2D eigenvalue weighted by Crippen LogP contribution is 2.23. The molecule has 1 aromatic carbocycles. The van der Waals surface area contributed by atoms with E-state index in [2.05, 4.69) is 16.8 Å². The summed E-state index contributed by atoms with van der Waals surface area (Å²) in [4.78, 5) is 0. The van der Waals surface area contributed by atoms with E-state index in [0.717, 1.165) is 5.69 Å². The van der Waals surface area contributed by atoms with Crippen molar-refractivity contribution < 1.29 is 10.2 Å². The van der Waals surface area contributed by atoms with E-state index < -0.39 is 6.10 Å². The molecule has 2 aromatic rings. The molecule has 0 amide bonds. The first-order chi connectivity index (χ1) is 7.29. The monoisotopic (exact) mass is 223 g/mol. The van der Waals surface area contributed by atoms with Crippen molar-refractivity contribution in [2.24, 2.45) is 0 Å². The fraction of sp³-hybridized carbons (Fsp3) is 0.273. The van der Waals surface area contributed by atoms with E-state index in [1.54, 1.807) is 11.3 Å². The third kappa shape index (κ3) is 2.47. The lowest BCUT2D eigenvalue weighted by molar-refractivity contribution is 0.105. The largest absolute Gasteiger partial charge is 0.394 e. The van der Waals surface area contributed by atoms with Crippen LogP contribution in [0.1, 0.15) is 0 Å². The molecular weight excluding hydrogens is 210 g/mol. The number of thiophene rings is 1. The third-order valence-corrected chi connectivity index (χ3v) is 3.09. The van der Waals surface area contributed by atoms with Crippen molar-refractivity contribution in [2.45, 2.75) is 6.10 Å². The molecule has 1 heterocycles. The molecule has 0 aliphatic carbocycles. The Morgan fingerprint density at radius 3 is 3.00 bits per heavy atom. The average Bonchev–Trinajstić information content (AvgIpc) is 2.72. The summed E-state index contributed by atoms with van der Waals surface area (Å²) in [6.07, 6.45) is -0.705. The van der Waals surface area contributed by atoms with Gasteiger partial charge in [-0.2, -0.15) is 0 Å². The summed E-state index contributed by atoms with van der Waals surface area (Å²) < 4.78 is 1.22. The first-order valence-electron chi connectivity index (χ1n) is 4.79. The van der Waals surface area contributed by atoms with E-state index >= 15 is 0 Å². The summed E-state index contributed by atoms with van der Waals surface area (Å²) in [5.41, 5.74) is 0.970. The highest BCUT2D eigenvalue weighted by atomic mass is 32.1. The fourth-order valence-corrected chi connectivity index (χ4v) is 2.19. The normalized spacial score (nSPS) is 12.9. The molecule has 2 rings (SSSR count). The van der Waals surface area contributed by atoms with E-state index in [1.165, 1.54) is 10.1 Å². The number of anilines is 1. The zero-order valence-corrected chi connectivity index (χ0v) is 9.00. The maximum atomic E-state index is 9.18. The quantitative estimate of drug-likeness (QED) is 0.739. The summed E-state index contributed by atoms with van der Waals surface area (Å²) in [5.74, 6) is 0. The molecule has 0 aliphatic rings. The van der Waals surface area contributed by atoms with Crippen LogP contribution in [0.3, 0.4) is 0 Å². The van der Waals surface area contributed by atoms with E-state index in [0.29, 0.717) is 6.54 Å². The molecular formula is C11H13NO2S. The van der Waals surface area contributed by atoms with E-state index in [9.17, 15) is 5.11 Å². The Morgan fingerprint density at radius 1 is 1.33 bits per heavy atom. The summed E-state index contributed by atoms with van der Waals surface area (Å²) in [7, 11) is 0. The zero-order chi connectivity index (χ0) is 10.7. The van der Waals surface area contributed by atoms with Gasteiger partial charge in [0.15, 0.2) is 0 Å². The number of aliphatic hydroxyl groups is 2. The minimum absolute atomic E-state index is 0.214. The number of nitrogens with one attached hydrogen (secondary N) is 1. The van der Waals surface area contributed by atoms with Gasteiger partial charge in [-0.05, 0) is 29.0 Å². The van der Waals surface area contributed by atoms with Crippen LogP contribution in [-0.2, 0) is 0 Å². The Morgan fingerprint density at radius 2 is 2.20 bits per heavy atom. The van der Waals surface area contributed by atoms with Crippen molar-refractivity contribution in [3.63, 3.8) is 0 Å².